The lowest BCUT2D eigenvalue weighted by Gasteiger charge is -2.13. The van der Waals surface area contributed by atoms with Gasteiger partial charge in [-0.15, -0.1) is 16.4 Å². The average molecular weight is 719 g/mol. The molecule has 3 aromatic heterocycles. The van der Waals surface area contributed by atoms with Crippen molar-refractivity contribution in [2.24, 2.45) is 0 Å². The number of urea groups is 1. The minimum atomic E-state index is -4.37. The van der Waals surface area contributed by atoms with Crippen LogP contribution in [-0.4, -0.2) is 63.5 Å². The minimum Gasteiger partial charge on any atom is -0.489 e. The van der Waals surface area contributed by atoms with Gasteiger partial charge >= 0.3 is 23.8 Å². The van der Waals surface area contributed by atoms with Crippen molar-refractivity contribution < 1.29 is 37.0 Å². The molecule has 4 aromatic rings. The third-order valence-corrected chi connectivity index (χ3v) is 8.26. The number of carboxylic acid groups (broad SMARTS) is 1. The molecule has 0 saturated carbocycles. The summed E-state index contributed by atoms with van der Waals surface area (Å²) in [6, 6.07) is 2.96. The van der Waals surface area contributed by atoms with E-state index in [1.807, 2.05) is 34.6 Å². The summed E-state index contributed by atoms with van der Waals surface area (Å²) in [6.07, 6.45) is -0.0642. The predicted molar refractivity (Wildman–Crippen MR) is 168 cm³/mol. The van der Waals surface area contributed by atoms with Gasteiger partial charge in [-0.05, 0) is 38.3 Å². The van der Waals surface area contributed by atoms with E-state index in [0.717, 1.165) is 22.1 Å². The first-order chi connectivity index (χ1) is 21.3. The third-order valence-electron chi connectivity index (χ3n) is 5.26. The van der Waals surface area contributed by atoms with E-state index in [2.05, 4.69) is 25.4 Å². The molecule has 0 unspecified atom stereocenters. The number of ether oxygens (including phenoxy) is 2. The molecular weight excluding hydrogens is 689 g/mol. The van der Waals surface area contributed by atoms with Gasteiger partial charge in [-0.3, -0.25) is 5.32 Å². The number of carbonyl (C=O) groups is 2. The number of benzene rings is 1. The van der Waals surface area contributed by atoms with Crippen LogP contribution in [-0.2, 0) is 15.4 Å². The van der Waals surface area contributed by atoms with Crippen LogP contribution in [0, 0.1) is 6.92 Å². The molecule has 3 heterocycles. The number of aromatic nitrogens is 5. The summed E-state index contributed by atoms with van der Waals surface area (Å²) in [5.74, 6) is -1.24. The van der Waals surface area contributed by atoms with E-state index >= 15 is 0 Å². The summed E-state index contributed by atoms with van der Waals surface area (Å²) >= 11 is 13.0. The Bertz CT molecular complexity index is 1920. The number of hydrogen-bond acceptors (Lipinski definition) is 13. The smallest absolute Gasteiger partial charge is 0.442 e. The van der Waals surface area contributed by atoms with Crippen molar-refractivity contribution in [1.82, 2.24) is 29.5 Å². The van der Waals surface area contributed by atoms with E-state index < -0.39 is 37.6 Å². The highest BCUT2D eigenvalue weighted by Crippen LogP contribution is 2.33. The normalized spacial score (nSPS) is 11.4. The van der Waals surface area contributed by atoms with Gasteiger partial charge < -0.3 is 19.0 Å². The first kappa shape index (κ1) is 36.2. The number of sulfonamides is 1. The van der Waals surface area contributed by atoms with Gasteiger partial charge in [0, 0.05) is 11.5 Å². The molecule has 3 N–H and O–H groups in total. The van der Waals surface area contributed by atoms with E-state index in [-0.39, 0.29) is 34.3 Å². The van der Waals surface area contributed by atoms with Crippen molar-refractivity contribution in [2.75, 3.05) is 12.4 Å². The second-order valence-electron chi connectivity index (χ2n) is 10.4. The maximum Gasteiger partial charge on any atom is 0.442 e. The monoisotopic (exact) mass is 717 g/mol. The summed E-state index contributed by atoms with van der Waals surface area (Å²) in [4.78, 5) is 45.3. The zero-order chi connectivity index (χ0) is 34.6. The van der Waals surface area contributed by atoms with Crippen LogP contribution in [0.25, 0.3) is 5.69 Å². The first-order valence-corrected chi connectivity index (χ1v) is 16.1. The standard InChI is InChI=1S/C15H18Cl2N2O3.C11H11N5O6S2/c1-8(2)21-12-7-11(9(16)6-10(12)17)19-14(20)22-13(18-19)15(3,4)5;1-5-12-9(15-11(13-5)22-2)14-10(19)16-24(20,21)6-3-4-23-7(6)8(17)18/h6-8H,1-5H3;3-4H,1-2H3,(H,17,18)(H2,12,13,14,15,16,19). The fraction of sp³-hybridized carbons (Fsp3) is 0.346. The molecule has 46 heavy (non-hydrogen) atoms. The van der Waals surface area contributed by atoms with Gasteiger partial charge in [0.05, 0.1) is 28.9 Å². The number of carbonyl (C=O) groups excluding carboxylic acids is 1. The fourth-order valence-corrected chi connectivity index (χ4v) is 6.01. The van der Waals surface area contributed by atoms with Crippen LogP contribution in [0.2, 0.25) is 10.0 Å². The molecule has 0 atom stereocenters. The topological polar surface area (TPSA) is 218 Å². The third kappa shape index (κ3) is 9.15. The quantitative estimate of drug-likeness (QED) is 0.226. The van der Waals surface area contributed by atoms with Gasteiger partial charge in [-0.2, -0.15) is 19.6 Å². The highest BCUT2D eigenvalue weighted by molar-refractivity contribution is 7.90. The molecule has 0 fully saturated rings. The molecule has 0 saturated heterocycles. The second kappa shape index (κ2) is 14.4. The number of carboxylic acids is 1. The number of amides is 2. The van der Waals surface area contributed by atoms with E-state index in [0.29, 0.717) is 22.4 Å². The average Bonchev–Trinajstić information content (AvgIpc) is 3.58. The number of thiophene rings is 1. The SMILES string of the molecule is CC(C)Oc1cc(-n2nc(C(C)(C)C)oc2=O)c(Cl)cc1Cl.COc1nc(C)nc(NC(=O)NS(=O)(=O)c2ccsc2C(=O)O)n1. The lowest BCUT2D eigenvalue weighted by Crippen LogP contribution is -2.35. The molecule has 0 spiro atoms. The van der Waals surface area contributed by atoms with Crippen LogP contribution >= 0.6 is 34.5 Å². The van der Waals surface area contributed by atoms with Gasteiger partial charge in [0.25, 0.3) is 10.0 Å². The van der Waals surface area contributed by atoms with Crippen LogP contribution in [0.5, 0.6) is 11.8 Å². The Labute approximate surface area is 276 Å². The number of anilines is 1. The summed E-state index contributed by atoms with van der Waals surface area (Å²) in [7, 11) is -3.06. The molecule has 0 aliphatic heterocycles. The number of aryl methyl sites for hydroxylation is 1. The number of nitrogens with zero attached hydrogens (tertiary/aromatic N) is 5. The minimum absolute atomic E-state index is 0.0633. The van der Waals surface area contributed by atoms with Crippen molar-refractivity contribution in [2.45, 2.75) is 58.0 Å². The van der Waals surface area contributed by atoms with Gasteiger partial charge in [0.2, 0.25) is 11.8 Å². The first-order valence-electron chi connectivity index (χ1n) is 13.0. The van der Waals surface area contributed by atoms with Crippen LogP contribution in [0.4, 0.5) is 10.7 Å². The van der Waals surface area contributed by atoms with Gasteiger partial charge in [0.15, 0.2) is 0 Å². The molecule has 20 heteroatoms. The van der Waals surface area contributed by atoms with Crippen LogP contribution in [0.15, 0.2) is 37.7 Å². The van der Waals surface area contributed by atoms with Gasteiger partial charge in [-0.1, -0.05) is 44.0 Å². The van der Waals surface area contributed by atoms with Crippen molar-refractivity contribution in [1.29, 1.82) is 0 Å². The van der Waals surface area contributed by atoms with Crippen molar-refractivity contribution in [3.63, 3.8) is 0 Å². The number of hydrogen-bond donors (Lipinski definition) is 3. The lowest BCUT2D eigenvalue weighted by atomic mass is 9.97. The molecule has 16 nitrogen and oxygen atoms in total. The Hall–Kier alpha value is -4.26. The van der Waals surface area contributed by atoms with Gasteiger partial charge in [-0.25, -0.2) is 27.5 Å². The molecule has 0 aliphatic carbocycles. The largest absolute Gasteiger partial charge is 0.489 e. The Kier molecular flexibility index (Phi) is 11.4. The molecule has 248 valence electrons. The predicted octanol–water partition coefficient (Wildman–Crippen LogP) is 4.68. The second-order valence-corrected chi connectivity index (χ2v) is 13.8. The highest BCUT2D eigenvalue weighted by atomic mass is 35.5. The lowest BCUT2D eigenvalue weighted by molar-refractivity contribution is 0.0698. The Balaban J connectivity index is 0.000000251. The van der Waals surface area contributed by atoms with Crippen LogP contribution < -0.4 is 25.3 Å². The molecule has 0 radical (unpaired) electrons. The number of rotatable bonds is 8. The van der Waals surface area contributed by atoms with Crippen molar-refractivity contribution >= 4 is 62.5 Å². The number of aromatic carboxylic acids is 1. The molecule has 4 rings (SSSR count). The summed E-state index contributed by atoms with van der Waals surface area (Å²) < 4.78 is 42.6. The van der Waals surface area contributed by atoms with E-state index in [9.17, 15) is 22.8 Å². The van der Waals surface area contributed by atoms with Crippen molar-refractivity contribution in [3.8, 4) is 17.4 Å². The van der Waals surface area contributed by atoms with Crippen LogP contribution in [0.3, 0.4) is 0 Å². The van der Waals surface area contributed by atoms with Crippen LogP contribution in [0.1, 0.15) is 56.0 Å². The maximum atomic E-state index is 12.1. The maximum absolute atomic E-state index is 12.1. The van der Waals surface area contributed by atoms with Gasteiger partial charge in [0.1, 0.15) is 21.3 Å². The molecular formula is C26H29Cl2N7O9S2. The molecule has 0 aliphatic rings. The molecule has 1 aromatic carbocycles. The van der Waals surface area contributed by atoms with E-state index in [1.165, 1.54) is 25.5 Å². The zero-order valence-electron chi connectivity index (χ0n) is 25.4. The number of halogens is 2. The van der Waals surface area contributed by atoms with E-state index in [4.69, 9.17) is 42.2 Å². The Morgan fingerprint density at radius 3 is 2.37 bits per heavy atom. The fourth-order valence-electron chi connectivity index (χ4n) is 3.33. The molecule has 2 amide bonds. The Morgan fingerprint density at radius 2 is 1.80 bits per heavy atom. The summed E-state index contributed by atoms with van der Waals surface area (Å²) in [5.41, 5.74) is -0.0217. The van der Waals surface area contributed by atoms with E-state index in [1.54, 1.807) is 10.8 Å². The number of methoxy groups -OCH3 is 1. The Morgan fingerprint density at radius 1 is 1.13 bits per heavy atom. The number of nitrogens with one attached hydrogen (secondary N) is 2. The zero-order valence-corrected chi connectivity index (χ0v) is 28.6. The summed E-state index contributed by atoms with van der Waals surface area (Å²) in [5, 5.41) is 17.2. The highest BCUT2D eigenvalue weighted by Gasteiger charge is 2.26. The summed E-state index contributed by atoms with van der Waals surface area (Å²) in [6.45, 7) is 11.0. The van der Waals surface area contributed by atoms with Crippen molar-refractivity contribution in [3.05, 3.63) is 60.8 Å². The molecule has 0 bridgehead atoms.